The molecule has 0 aliphatic carbocycles. The van der Waals surface area contributed by atoms with E-state index in [-0.39, 0.29) is 24.3 Å². The number of rotatable bonds is 5. The minimum atomic E-state index is 0.00698. The molecule has 21 heavy (non-hydrogen) atoms. The van der Waals surface area contributed by atoms with E-state index < -0.39 is 0 Å². The summed E-state index contributed by atoms with van der Waals surface area (Å²) in [5.74, 6) is 0.0406. The molecule has 1 heterocycles. The molecule has 0 saturated carbocycles. The molecular weight excluding hydrogens is 268 g/mol. The van der Waals surface area contributed by atoms with Crippen LogP contribution in [0.4, 0.5) is 5.69 Å². The highest BCUT2D eigenvalue weighted by molar-refractivity contribution is 5.97. The van der Waals surface area contributed by atoms with Gasteiger partial charge in [-0.3, -0.25) is 9.59 Å². The van der Waals surface area contributed by atoms with Crippen molar-refractivity contribution in [2.75, 3.05) is 31.1 Å². The van der Waals surface area contributed by atoms with Crippen LogP contribution in [0.3, 0.4) is 0 Å². The molecule has 1 unspecified atom stereocenters. The zero-order chi connectivity index (χ0) is 15.4. The summed E-state index contributed by atoms with van der Waals surface area (Å²) in [6.45, 7) is 5.83. The number of carbonyl (C=O) groups is 2. The Bertz CT molecular complexity index is 509. The van der Waals surface area contributed by atoms with E-state index in [1.807, 2.05) is 13.8 Å². The number of anilines is 1. The van der Waals surface area contributed by atoms with E-state index in [2.05, 4.69) is 0 Å². The normalized spacial score (nSPS) is 18.1. The van der Waals surface area contributed by atoms with Crippen LogP contribution in [0.25, 0.3) is 0 Å². The van der Waals surface area contributed by atoms with Crippen LogP contribution >= 0.6 is 0 Å². The number of aliphatic hydroxyl groups excluding tert-OH is 1. The highest BCUT2D eigenvalue weighted by Crippen LogP contribution is 2.25. The fraction of sp³-hybridized carbons (Fsp3) is 0.500. The predicted octanol–water partition coefficient (Wildman–Crippen LogP) is 1.51. The average Bonchev–Trinajstić information content (AvgIpc) is 2.89. The molecule has 1 saturated heterocycles. The largest absolute Gasteiger partial charge is 0.396 e. The highest BCUT2D eigenvalue weighted by Gasteiger charge is 2.30. The highest BCUT2D eigenvalue weighted by atomic mass is 16.3. The second-order valence-corrected chi connectivity index (χ2v) is 5.28. The summed E-state index contributed by atoms with van der Waals surface area (Å²) in [4.78, 5) is 27.6. The van der Waals surface area contributed by atoms with Crippen LogP contribution in [0.5, 0.6) is 0 Å². The lowest BCUT2D eigenvalue weighted by molar-refractivity contribution is -0.117. The molecule has 0 spiro atoms. The second kappa shape index (κ2) is 6.72. The molecule has 0 radical (unpaired) electrons. The van der Waals surface area contributed by atoms with Gasteiger partial charge in [-0.15, -0.1) is 0 Å². The van der Waals surface area contributed by atoms with Crippen molar-refractivity contribution >= 4 is 17.5 Å². The van der Waals surface area contributed by atoms with Crippen molar-refractivity contribution in [1.29, 1.82) is 0 Å². The topological polar surface area (TPSA) is 60.9 Å². The first kappa shape index (κ1) is 15.5. The van der Waals surface area contributed by atoms with Crippen LogP contribution in [0.1, 0.15) is 30.6 Å². The zero-order valence-corrected chi connectivity index (χ0v) is 12.6. The second-order valence-electron chi connectivity index (χ2n) is 5.28. The lowest BCUT2D eigenvalue weighted by Gasteiger charge is -2.20. The van der Waals surface area contributed by atoms with Gasteiger partial charge >= 0.3 is 0 Å². The van der Waals surface area contributed by atoms with Gasteiger partial charge in [-0.05, 0) is 38.1 Å². The molecule has 2 amide bonds. The molecule has 114 valence electrons. The van der Waals surface area contributed by atoms with Crippen molar-refractivity contribution in [2.24, 2.45) is 5.92 Å². The summed E-state index contributed by atoms with van der Waals surface area (Å²) in [5, 5.41) is 9.15. The first-order valence-electron chi connectivity index (χ1n) is 7.41. The van der Waals surface area contributed by atoms with Gasteiger partial charge in [0.25, 0.3) is 5.91 Å². The van der Waals surface area contributed by atoms with Crippen molar-refractivity contribution in [3.63, 3.8) is 0 Å². The standard InChI is InChI=1S/C16H22N2O3/c1-3-17(4-2)16(21)13-5-7-14(8-6-13)18-10-12(11-19)9-15(18)20/h5-8,12,19H,3-4,9-11H2,1-2H3. The van der Waals surface area contributed by atoms with E-state index in [9.17, 15) is 9.59 Å². The predicted molar refractivity (Wildman–Crippen MR) is 81.2 cm³/mol. The first-order chi connectivity index (χ1) is 10.1. The van der Waals surface area contributed by atoms with Crippen molar-refractivity contribution in [3.05, 3.63) is 29.8 Å². The maximum absolute atomic E-state index is 12.2. The number of hydrogen-bond acceptors (Lipinski definition) is 3. The summed E-state index contributed by atoms with van der Waals surface area (Å²) in [6.07, 6.45) is 0.386. The van der Waals surface area contributed by atoms with E-state index in [0.717, 1.165) is 5.69 Å². The minimum absolute atomic E-state index is 0.00698. The molecule has 1 aromatic carbocycles. The van der Waals surface area contributed by atoms with Crippen molar-refractivity contribution in [2.45, 2.75) is 20.3 Å². The smallest absolute Gasteiger partial charge is 0.253 e. The van der Waals surface area contributed by atoms with Crippen LogP contribution < -0.4 is 4.90 Å². The molecule has 1 N–H and O–H groups in total. The maximum atomic E-state index is 12.2. The van der Waals surface area contributed by atoms with E-state index in [0.29, 0.717) is 31.6 Å². The third-order valence-corrected chi connectivity index (χ3v) is 3.94. The number of benzene rings is 1. The Balaban J connectivity index is 2.12. The Morgan fingerprint density at radius 1 is 1.29 bits per heavy atom. The van der Waals surface area contributed by atoms with Gasteiger partial charge in [0, 0.05) is 49.8 Å². The molecule has 5 nitrogen and oxygen atoms in total. The Hall–Kier alpha value is -1.88. The zero-order valence-electron chi connectivity index (χ0n) is 12.6. The fourth-order valence-corrected chi connectivity index (χ4v) is 2.63. The minimum Gasteiger partial charge on any atom is -0.396 e. The lowest BCUT2D eigenvalue weighted by atomic mass is 10.1. The molecule has 2 rings (SSSR count). The number of carbonyl (C=O) groups excluding carboxylic acids is 2. The van der Waals surface area contributed by atoms with Gasteiger partial charge in [0.15, 0.2) is 0 Å². The summed E-state index contributed by atoms with van der Waals surface area (Å²) < 4.78 is 0. The van der Waals surface area contributed by atoms with Gasteiger partial charge in [0.05, 0.1) is 0 Å². The Morgan fingerprint density at radius 2 is 1.90 bits per heavy atom. The van der Waals surface area contributed by atoms with Gasteiger partial charge in [-0.25, -0.2) is 0 Å². The Kier molecular flexibility index (Phi) is 4.96. The van der Waals surface area contributed by atoms with E-state index >= 15 is 0 Å². The average molecular weight is 290 g/mol. The Labute approximate surface area is 125 Å². The van der Waals surface area contributed by atoms with Crippen molar-refractivity contribution < 1.29 is 14.7 Å². The molecule has 1 fully saturated rings. The van der Waals surface area contributed by atoms with Gasteiger partial charge in [-0.2, -0.15) is 0 Å². The molecule has 1 aromatic rings. The van der Waals surface area contributed by atoms with Crippen LogP contribution in [0.2, 0.25) is 0 Å². The van der Waals surface area contributed by atoms with Crippen LogP contribution in [-0.2, 0) is 4.79 Å². The number of amides is 2. The number of hydrogen-bond donors (Lipinski definition) is 1. The molecular formula is C16H22N2O3. The maximum Gasteiger partial charge on any atom is 0.253 e. The fourth-order valence-electron chi connectivity index (χ4n) is 2.63. The van der Waals surface area contributed by atoms with Crippen LogP contribution in [0, 0.1) is 5.92 Å². The first-order valence-corrected chi connectivity index (χ1v) is 7.41. The van der Waals surface area contributed by atoms with Crippen LogP contribution in [-0.4, -0.2) is 48.1 Å². The summed E-state index contributed by atoms with van der Waals surface area (Å²) in [7, 11) is 0. The van der Waals surface area contributed by atoms with E-state index in [1.165, 1.54) is 0 Å². The molecule has 0 aromatic heterocycles. The third kappa shape index (κ3) is 3.24. The number of aliphatic hydroxyl groups is 1. The SMILES string of the molecule is CCN(CC)C(=O)c1ccc(N2CC(CO)CC2=O)cc1. The molecule has 5 heteroatoms. The monoisotopic (exact) mass is 290 g/mol. The van der Waals surface area contributed by atoms with E-state index in [4.69, 9.17) is 5.11 Å². The van der Waals surface area contributed by atoms with Crippen molar-refractivity contribution in [3.8, 4) is 0 Å². The van der Waals surface area contributed by atoms with Gasteiger partial charge in [-0.1, -0.05) is 0 Å². The molecule has 1 atom stereocenters. The Morgan fingerprint density at radius 3 is 2.38 bits per heavy atom. The summed E-state index contributed by atoms with van der Waals surface area (Å²) in [6, 6.07) is 7.12. The van der Waals surface area contributed by atoms with Crippen molar-refractivity contribution in [1.82, 2.24) is 4.90 Å². The van der Waals surface area contributed by atoms with Gasteiger partial charge in [0.1, 0.15) is 0 Å². The van der Waals surface area contributed by atoms with Gasteiger partial charge < -0.3 is 14.9 Å². The lowest BCUT2D eigenvalue weighted by Crippen LogP contribution is -2.30. The molecule has 1 aliphatic heterocycles. The molecule has 1 aliphatic rings. The van der Waals surface area contributed by atoms with Crippen LogP contribution in [0.15, 0.2) is 24.3 Å². The quantitative estimate of drug-likeness (QED) is 0.894. The molecule has 0 bridgehead atoms. The summed E-state index contributed by atoms with van der Waals surface area (Å²) in [5.41, 5.74) is 1.42. The third-order valence-electron chi connectivity index (χ3n) is 3.94. The van der Waals surface area contributed by atoms with E-state index in [1.54, 1.807) is 34.1 Å². The van der Waals surface area contributed by atoms with Gasteiger partial charge in [0.2, 0.25) is 5.91 Å². The number of nitrogens with zero attached hydrogens (tertiary/aromatic N) is 2. The summed E-state index contributed by atoms with van der Waals surface area (Å²) >= 11 is 0.